The molecule has 2 heterocycles. The Morgan fingerprint density at radius 3 is 2.60 bits per heavy atom. The van der Waals surface area contributed by atoms with E-state index in [0.717, 1.165) is 35.0 Å². The number of halogens is 2. The second-order valence-corrected chi connectivity index (χ2v) is 10.2. The van der Waals surface area contributed by atoms with Gasteiger partial charge in [-0.1, -0.05) is 12.1 Å². The van der Waals surface area contributed by atoms with Crippen LogP contribution in [-0.4, -0.2) is 79.1 Å². The van der Waals surface area contributed by atoms with E-state index in [-0.39, 0.29) is 37.0 Å². The summed E-state index contributed by atoms with van der Waals surface area (Å²) in [6.45, 7) is 0.0590. The second-order valence-electron chi connectivity index (χ2n) is 10.2. The van der Waals surface area contributed by atoms with Crippen molar-refractivity contribution in [2.75, 3.05) is 33.9 Å². The van der Waals surface area contributed by atoms with Gasteiger partial charge in [0.05, 0.1) is 49.2 Å². The number of esters is 1. The van der Waals surface area contributed by atoms with Gasteiger partial charge in [0.1, 0.15) is 5.92 Å². The van der Waals surface area contributed by atoms with Crippen LogP contribution in [-0.2, 0) is 24.5 Å². The van der Waals surface area contributed by atoms with Gasteiger partial charge in [-0.05, 0) is 55.5 Å². The molecular formula is C29H32F2N6O5. The second kappa shape index (κ2) is 13.6. The molecule has 11 nitrogen and oxygen atoms in total. The van der Waals surface area contributed by atoms with Crippen LogP contribution in [0.25, 0.3) is 0 Å². The molecule has 1 N–H and O–H groups in total. The third-order valence-corrected chi connectivity index (χ3v) is 7.79. The zero-order valence-corrected chi connectivity index (χ0v) is 23.3. The molecule has 2 aromatic rings. The monoisotopic (exact) mass is 582 g/mol. The zero-order chi connectivity index (χ0) is 30.3. The number of nitriles is 1. The number of pyridine rings is 1. The van der Waals surface area contributed by atoms with Crippen molar-refractivity contribution in [3.8, 4) is 6.07 Å². The maximum absolute atomic E-state index is 14.3. The molecule has 2 aliphatic rings. The molecule has 1 aromatic carbocycles. The number of aromatic nitrogens is 1. The number of hydrogen-bond donors (Lipinski definition) is 1. The number of amides is 3. The minimum absolute atomic E-state index is 0.00141. The lowest BCUT2D eigenvalue weighted by Gasteiger charge is -2.43. The molecule has 2 atom stereocenters. The predicted molar refractivity (Wildman–Crippen MR) is 146 cm³/mol. The molecule has 222 valence electrons. The van der Waals surface area contributed by atoms with Gasteiger partial charge in [0.25, 0.3) is 0 Å². The third-order valence-electron chi connectivity index (χ3n) is 7.79. The highest BCUT2D eigenvalue weighted by molar-refractivity contribution is 6.10. The van der Waals surface area contributed by atoms with Crippen LogP contribution in [0.2, 0.25) is 0 Å². The molecule has 13 heteroatoms. The summed E-state index contributed by atoms with van der Waals surface area (Å²) in [7, 11) is 2.50. The molecule has 1 aromatic heterocycles. The van der Waals surface area contributed by atoms with E-state index < -0.39 is 41.0 Å². The highest BCUT2D eigenvalue weighted by Crippen LogP contribution is 2.39. The molecule has 0 spiro atoms. The van der Waals surface area contributed by atoms with Gasteiger partial charge < -0.3 is 14.8 Å². The van der Waals surface area contributed by atoms with Gasteiger partial charge in [-0.15, -0.1) is 0 Å². The minimum atomic E-state index is -1.27. The molecule has 0 bridgehead atoms. The summed E-state index contributed by atoms with van der Waals surface area (Å²) in [5, 5.41) is 15.3. The molecule has 1 fully saturated rings. The Bertz CT molecular complexity index is 1360. The molecule has 1 aliphatic carbocycles. The summed E-state index contributed by atoms with van der Waals surface area (Å²) in [6, 6.07) is 8.88. The number of carbonyl (C=O) groups excluding carboxylic acids is 3. The molecule has 3 amide bonds. The maximum atomic E-state index is 14.3. The summed E-state index contributed by atoms with van der Waals surface area (Å²) in [4.78, 5) is 46.9. The van der Waals surface area contributed by atoms with E-state index in [1.807, 2.05) is 18.2 Å². The lowest BCUT2D eigenvalue weighted by atomic mass is 9.71. The standard InChI is InChI=1S/C29H32F2N6O5/c1-41-16-23-25(27(39)42-2)26(19-6-7-21(30)22(31)15-19)37(28(40)35-23)36(18-38)14-13-33-20-8-10-29(17-32,11-9-20)24-5-3-4-12-34-24/h3-7,12,15,18,20,25-26,33H,8-11,13-14,16H2,1-2H3. The van der Waals surface area contributed by atoms with Crippen LogP contribution in [0.1, 0.15) is 43.0 Å². The first kappa shape index (κ1) is 30.7. The van der Waals surface area contributed by atoms with Crippen LogP contribution in [0.15, 0.2) is 47.6 Å². The van der Waals surface area contributed by atoms with Crippen molar-refractivity contribution in [3.05, 3.63) is 65.5 Å². The smallest absolute Gasteiger partial charge is 0.363 e. The normalized spacial score (nSPS) is 24.0. The van der Waals surface area contributed by atoms with Crippen LogP contribution < -0.4 is 5.32 Å². The van der Waals surface area contributed by atoms with Crippen LogP contribution in [0.3, 0.4) is 0 Å². The number of nitrogens with one attached hydrogen (secondary N) is 1. The maximum Gasteiger partial charge on any atom is 0.363 e. The number of aliphatic imine (C=N–C) groups is 1. The fourth-order valence-corrected chi connectivity index (χ4v) is 5.63. The van der Waals surface area contributed by atoms with E-state index in [0.29, 0.717) is 32.1 Å². The van der Waals surface area contributed by atoms with E-state index in [1.54, 1.807) is 6.20 Å². The Morgan fingerprint density at radius 2 is 2.00 bits per heavy atom. The molecule has 42 heavy (non-hydrogen) atoms. The Labute approximate surface area is 242 Å². The fraction of sp³-hybridized carbons (Fsp3) is 0.448. The number of benzene rings is 1. The summed E-state index contributed by atoms with van der Waals surface area (Å²) in [5.74, 6) is -4.34. The molecular weight excluding hydrogens is 550 g/mol. The van der Waals surface area contributed by atoms with Crippen LogP contribution in [0.4, 0.5) is 13.6 Å². The van der Waals surface area contributed by atoms with Gasteiger partial charge in [-0.3, -0.25) is 19.6 Å². The van der Waals surface area contributed by atoms with Crippen molar-refractivity contribution in [2.45, 2.75) is 43.2 Å². The molecule has 0 saturated heterocycles. The number of urea groups is 1. The number of methoxy groups -OCH3 is 2. The number of rotatable bonds is 11. The van der Waals surface area contributed by atoms with E-state index in [1.165, 1.54) is 13.2 Å². The molecule has 4 rings (SSSR count). The van der Waals surface area contributed by atoms with Crippen LogP contribution in [0.5, 0.6) is 0 Å². The molecule has 0 radical (unpaired) electrons. The van der Waals surface area contributed by atoms with Crippen molar-refractivity contribution in [2.24, 2.45) is 10.9 Å². The van der Waals surface area contributed by atoms with E-state index in [2.05, 4.69) is 21.4 Å². The molecule has 1 aliphatic heterocycles. The van der Waals surface area contributed by atoms with Crippen molar-refractivity contribution in [3.63, 3.8) is 0 Å². The first-order valence-corrected chi connectivity index (χ1v) is 13.5. The SMILES string of the molecule is COCC1=NC(=O)N(N(C=O)CCNC2CCC(C#N)(c3ccccn3)CC2)C(c2ccc(F)c(F)c2)C1C(=O)OC. The Hall–Kier alpha value is -4.28. The fourth-order valence-electron chi connectivity index (χ4n) is 5.63. The number of hydrazine groups is 1. The third kappa shape index (κ3) is 6.29. The first-order valence-electron chi connectivity index (χ1n) is 13.5. The number of hydrogen-bond acceptors (Lipinski definition) is 8. The lowest BCUT2D eigenvalue weighted by molar-refractivity contribution is -0.150. The van der Waals surface area contributed by atoms with Gasteiger partial charge in [0.2, 0.25) is 6.41 Å². The average Bonchev–Trinajstić information content (AvgIpc) is 3.01. The van der Waals surface area contributed by atoms with Gasteiger partial charge in [0.15, 0.2) is 11.6 Å². The minimum Gasteiger partial charge on any atom is -0.468 e. The summed E-state index contributed by atoms with van der Waals surface area (Å²) in [5.41, 5.74) is 0.182. The largest absolute Gasteiger partial charge is 0.468 e. The van der Waals surface area contributed by atoms with Crippen molar-refractivity contribution in [1.82, 2.24) is 20.3 Å². The molecule has 1 saturated carbocycles. The lowest BCUT2D eigenvalue weighted by Crippen LogP contribution is -2.56. The van der Waals surface area contributed by atoms with Crippen molar-refractivity contribution < 1.29 is 32.6 Å². The van der Waals surface area contributed by atoms with Crippen molar-refractivity contribution in [1.29, 1.82) is 5.26 Å². The predicted octanol–water partition coefficient (Wildman–Crippen LogP) is 3.08. The zero-order valence-electron chi connectivity index (χ0n) is 23.3. The highest BCUT2D eigenvalue weighted by atomic mass is 19.2. The first-order chi connectivity index (χ1) is 20.3. The van der Waals surface area contributed by atoms with Gasteiger partial charge in [-0.25, -0.2) is 18.6 Å². The Balaban J connectivity index is 1.52. The number of nitrogens with zero attached hydrogens (tertiary/aromatic N) is 5. The summed E-state index contributed by atoms with van der Waals surface area (Å²) < 4.78 is 38.2. The number of carbonyl (C=O) groups is 3. The summed E-state index contributed by atoms with van der Waals surface area (Å²) in [6.07, 6.45) is 4.70. The van der Waals surface area contributed by atoms with Gasteiger partial charge >= 0.3 is 12.0 Å². The highest BCUT2D eigenvalue weighted by Gasteiger charge is 2.47. The van der Waals surface area contributed by atoms with E-state index in [9.17, 15) is 28.4 Å². The van der Waals surface area contributed by atoms with Gasteiger partial charge in [0, 0.05) is 25.9 Å². The molecule has 2 unspecified atom stereocenters. The topological polar surface area (TPSA) is 137 Å². The summed E-state index contributed by atoms with van der Waals surface area (Å²) >= 11 is 0. The Morgan fingerprint density at radius 1 is 1.24 bits per heavy atom. The van der Waals surface area contributed by atoms with Crippen LogP contribution in [0, 0.1) is 28.9 Å². The number of ether oxygens (including phenoxy) is 2. The van der Waals surface area contributed by atoms with E-state index in [4.69, 9.17) is 9.47 Å². The quantitative estimate of drug-likeness (QED) is 0.315. The Kier molecular flexibility index (Phi) is 9.92. The van der Waals surface area contributed by atoms with Gasteiger partial charge in [-0.2, -0.15) is 10.3 Å². The average molecular weight is 583 g/mol. The van der Waals surface area contributed by atoms with Crippen LogP contribution >= 0.6 is 0 Å². The van der Waals surface area contributed by atoms with Crippen molar-refractivity contribution >= 4 is 24.1 Å². The van der Waals surface area contributed by atoms with E-state index >= 15 is 0 Å².